The third-order valence-electron chi connectivity index (χ3n) is 3.35. The van der Waals surface area contributed by atoms with Crippen LogP contribution in [-0.2, 0) is 17.8 Å². The van der Waals surface area contributed by atoms with Crippen LogP contribution < -0.4 is 5.32 Å². The number of nitrogens with zero attached hydrogens (tertiary/aromatic N) is 1. The molecule has 1 saturated heterocycles. The smallest absolute Gasteiger partial charge is 0.141 e. The van der Waals surface area contributed by atoms with Crippen LogP contribution in [0.4, 0.5) is 0 Å². The SMILES string of the molecule is Clc1ccc(Cc2cc(CO[C@H]3CCCN3)no2)cc1. The molecule has 1 aromatic heterocycles. The summed E-state index contributed by atoms with van der Waals surface area (Å²) in [5, 5.41) is 8.06. The van der Waals surface area contributed by atoms with Gasteiger partial charge in [0.15, 0.2) is 0 Å². The molecule has 4 nitrogen and oxygen atoms in total. The Labute approximate surface area is 123 Å². The van der Waals surface area contributed by atoms with E-state index in [0.29, 0.717) is 13.0 Å². The van der Waals surface area contributed by atoms with Gasteiger partial charge in [-0.1, -0.05) is 28.9 Å². The summed E-state index contributed by atoms with van der Waals surface area (Å²) < 4.78 is 11.0. The highest BCUT2D eigenvalue weighted by molar-refractivity contribution is 6.30. The van der Waals surface area contributed by atoms with Gasteiger partial charge in [0.05, 0.1) is 6.61 Å². The van der Waals surface area contributed by atoms with E-state index in [1.807, 2.05) is 30.3 Å². The van der Waals surface area contributed by atoms with Crippen molar-refractivity contribution in [3.05, 3.63) is 52.4 Å². The van der Waals surface area contributed by atoms with Gasteiger partial charge in [0.2, 0.25) is 0 Å². The first-order valence-electron chi connectivity index (χ1n) is 6.83. The van der Waals surface area contributed by atoms with E-state index in [4.69, 9.17) is 20.9 Å². The number of nitrogens with one attached hydrogen (secondary N) is 1. The fraction of sp³-hybridized carbons (Fsp3) is 0.400. The van der Waals surface area contributed by atoms with E-state index in [1.54, 1.807) is 0 Å². The summed E-state index contributed by atoms with van der Waals surface area (Å²) in [5.74, 6) is 0.838. The number of halogens is 1. The van der Waals surface area contributed by atoms with E-state index in [0.717, 1.165) is 35.0 Å². The van der Waals surface area contributed by atoms with Crippen molar-refractivity contribution in [1.29, 1.82) is 0 Å². The minimum Gasteiger partial charge on any atom is -0.361 e. The first-order chi connectivity index (χ1) is 9.79. The molecule has 106 valence electrons. The maximum atomic E-state index is 5.86. The van der Waals surface area contributed by atoms with E-state index >= 15 is 0 Å². The Hall–Kier alpha value is -1.36. The van der Waals surface area contributed by atoms with Crippen LogP contribution >= 0.6 is 11.6 Å². The first-order valence-corrected chi connectivity index (χ1v) is 7.21. The van der Waals surface area contributed by atoms with Gasteiger partial charge in [0.1, 0.15) is 17.7 Å². The molecule has 0 radical (unpaired) electrons. The van der Waals surface area contributed by atoms with Gasteiger partial charge in [0.25, 0.3) is 0 Å². The lowest BCUT2D eigenvalue weighted by Crippen LogP contribution is -2.24. The first kappa shape index (κ1) is 13.6. The van der Waals surface area contributed by atoms with Crippen molar-refractivity contribution in [2.45, 2.75) is 32.1 Å². The number of hydrogen-bond acceptors (Lipinski definition) is 4. The Morgan fingerprint density at radius 3 is 2.95 bits per heavy atom. The van der Waals surface area contributed by atoms with Crippen molar-refractivity contribution < 1.29 is 9.26 Å². The van der Waals surface area contributed by atoms with Crippen LogP contribution in [0, 0.1) is 0 Å². The lowest BCUT2D eigenvalue weighted by molar-refractivity contribution is 0.0281. The number of rotatable bonds is 5. The normalized spacial score (nSPS) is 18.6. The molecule has 2 aromatic rings. The lowest BCUT2D eigenvalue weighted by atomic mass is 10.1. The summed E-state index contributed by atoms with van der Waals surface area (Å²) >= 11 is 5.86. The summed E-state index contributed by atoms with van der Waals surface area (Å²) in [6, 6.07) is 9.68. The molecule has 1 aromatic carbocycles. The standard InChI is InChI=1S/C15H17ClN2O2/c16-12-5-3-11(4-6-12)8-14-9-13(18-20-14)10-19-15-2-1-7-17-15/h3-6,9,15,17H,1-2,7-8,10H2/t15-/m0/s1. The number of aromatic nitrogens is 1. The zero-order valence-electron chi connectivity index (χ0n) is 11.1. The molecule has 2 heterocycles. The van der Waals surface area contributed by atoms with Crippen LogP contribution in [0.3, 0.4) is 0 Å². The highest BCUT2D eigenvalue weighted by Gasteiger charge is 2.15. The second kappa shape index (κ2) is 6.39. The Morgan fingerprint density at radius 2 is 2.20 bits per heavy atom. The maximum absolute atomic E-state index is 5.86. The van der Waals surface area contributed by atoms with Crippen molar-refractivity contribution >= 4 is 11.6 Å². The van der Waals surface area contributed by atoms with Gasteiger partial charge >= 0.3 is 0 Å². The predicted octanol–water partition coefficient (Wildman–Crippen LogP) is 3.14. The lowest BCUT2D eigenvalue weighted by Gasteiger charge is -2.09. The minimum atomic E-state index is 0.159. The molecule has 3 rings (SSSR count). The highest BCUT2D eigenvalue weighted by atomic mass is 35.5. The summed E-state index contributed by atoms with van der Waals surface area (Å²) in [5.41, 5.74) is 1.98. The van der Waals surface area contributed by atoms with Crippen LogP contribution in [0.2, 0.25) is 5.02 Å². The zero-order chi connectivity index (χ0) is 13.8. The molecule has 0 aliphatic carbocycles. The summed E-state index contributed by atoms with van der Waals surface area (Å²) in [4.78, 5) is 0. The van der Waals surface area contributed by atoms with Crippen molar-refractivity contribution in [3.63, 3.8) is 0 Å². The highest BCUT2D eigenvalue weighted by Crippen LogP contribution is 2.15. The molecule has 1 atom stereocenters. The topological polar surface area (TPSA) is 47.3 Å². The Bertz CT molecular complexity index is 547. The molecule has 0 unspecified atom stereocenters. The molecule has 1 fully saturated rings. The molecule has 0 amide bonds. The fourth-order valence-corrected chi connectivity index (χ4v) is 2.42. The quantitative estimate of drug-likeness (QED) is 0.920. The third-order valence-corrected chi connectivity index (χ3v) is 3.60. The maximum Gasteiger partial charge on any atom is 0.141 e. The second-order valence-electron chi connectivity index (χ2n) is 4.98. The van der Waals surface area contributed by atoms with Gasteiger partial charge in [-0.25, -0.2) is 0 Å². The van der Waals surface area contributed by atoms with Crippen molar-refractivity contribution in [2.75, 3.05) is 6.54 Å². The van der Waals surface area contributed by atoms with E-state index < -0.39 is 0 Å². The molecular weight excluding hydrogens is 276 g/mol. The van der Waals surface area contributed by atoms with E-state index in [-0.39, 0.29) is 6.23 Å². The van der Waals surface area contributed by atoms with Crippen molar-refractivity contribution in [1.82, 2.24) is 10.5 Å². The van der Waals surface area contributed by atoms with Gasteiger partial charge < -0.3 is 9.26 Å². The Morgan fingerprint density at radius 1 is 1.35 bits per heavy atom. The van der Waals surface area contributed by atoms with Gasteiger partial charge in [-0.3, -0.25) is 5.32 Å². The van der Waals surface area contributed by atoms with Crippen LogP contribution in [0.15, 0.2) is 34.9 Å². The number of ether oxygens (including phenoxy) is 1. The van der Waals surface area contributed by atoms with Gasteiger partial charge in [-0.2, -0.15) is 0 Å². The van der Waals surface area contributed by atoms with Crippen LogP contribution in [0.5, 0.6) is 0 Å². The van der Waals surface area contributed by atoms with Gasteiger partial charge in [-0.05, 0) is 37.1 Å². The van der Waals surface area contributed by atoms with E-state index in [1.165, 1.54) is 6.42 Å². The molecule has 5 heteroatoms. The molecule has 0 bridgehead atoms. The van der Waals surface area contributed by atoms with Crippen molar-refractivity contribution in [2.24, 2.45) is 0 Å². The summed E-state index contributed by atoms with van der Waals surface area (Å²) in [6.45, 7) is 1.52. The average molecular weight is 293 g/mol. The van der Waals surface area contributed by atoms with E-state index in [2.05, 4.69) is 10.5 Å². The zero-order valence-corrected chi connectivity index (χ0v) is 11.9. The third kappa shape index (κ3) is 3.60. The molecule has 1 aliphatic heterocycles. The van der Waals surface area contributed by atoms with E-state index in [9.17, 15) is 0 Å². The molecule has 0 spiro atoms. The second-order valence-corrected chi connectivity index (χ2v) is 5.42. The average Bonchev–Trinajstić information content (AvgIpc) is 3.10. The molecule has 20 heavy (non-hydrogen) atoms. The summed E-state index contributed by atoms with van der Waals surface area (Å²) in [6.07, 6.45) is 3.11. The minimum absolute atomic E-state index is 0.159. The Kier molecular flexibility index (Phi) is 4.35. The summed E-state index contributed by atoms with van der Waals surface area (Å²) in [7, 11) is 0. The van der Waals surface area contributed by atoms with Gasteiger partial charge in [-0.15, -0.1) is 0 Å². The fourth-order valence-electron chi connectivity index (χ4n) is 2.29. The van der Waals surface area contributed by atoms with Crippen LogP contribution in [-0.4, -0.2) is 17.9 Å². The molecule has 1 aliphatic rings. The monoisotopic (exact) mass is 292 g/mol. The van der Waals surface area contributed by atoms with Gasteiger partial charge in [0, 0.05) is 17.5 Å². The molecule has 0 saturated carbocycles. The largest absolute Gasteiger partial charge is 0.361 e. The van der Waals surface area contributed by atoms with Crippen molar-refractivity contribution in [3.8, 4) is 0 Å². The predicted molar refractivity (Wildman–Crippen MR) is 76.6 cm³/mol. The Balaban J connectivity index is 1.54. The number of benzene rings is 1. The van der Waals surface area contributed by atoms with Crippen LogP contribution in [0.1, 0.15) is 29.9 Å². The molecule has 1 N–H and O–H groups in total. The van der Waals surface area contributed by atoms with Crippen LogP contribution in [0.25, 0.3) is 0 Å². The number of hydrogen-bond donors (Lipinski definition) is 1. The molecular formula is C15H17ClN2O2.